The van der Waals surface area contributed by atoms with E-state index in [1.54, 1.807) is 53.2 Å². The summed E-state index contributed by atoms with van der Waals surface area (Å²) in [6, 6.07) is 16.2. The lowest BCUT2D eigenvalue weighted by atomic mass is 10.0. The van der Waals surface area contributed by atoms with Crippen LogP contribution in [0.2, 0.25) is 15.1 Å². The molecule has 3 aromatic rings. The summed E-state index contributed by atoms with van der Waals surface area (Å²) in [7, 11) is 0. The highest BCUT2D eigenvalue weighted by atomic mass is 35.5. The van der Waals surface area contributed by atoms with E-state index in [0.29, 0.717) is 32.1 Å². The average molecular weight is 448 g/mol. The Morgan fingerprint density at radius 2 is 1.76 bits per heavy atom. The number of nitrogens with one attached hydrogen (secondary N) is 1. The van der Waals surface area contributed by atoms with Crippen LogP contribution in [-0.2, 0) is 16.1 Å². The third-order valence-electron chi connectivity index (χ3n) is 4.63. The van der Waals surface area contributed by atoms with Crippen LogP contribution in [0.15, 0.2) is 66.9 Å². The molecule has 1 aromatic heterocycles. The van der Waals surface area contributed by atoms with Gasteiger partial charge in [-0.15, -0.1) is 0 Å². The van der Waals surface area contributed by atoms with Crippen LogP contribution in [0.1, 0.15) is 11.7 Å². The van der Waals surface area contributed by atoms with Crippen molar-refractivity contribution in [2.45, 2.75) is 12.6 Å². The highest BCUT2D eigenvalue weighted by Crippen LogP contribution is 2.34. The van der Waals surface area contributed by atoms with E-state index >= 15 is 0 Å². The largest absolute Gasteiger partial charge is 0.324 e. The van der Waals surface area contributed by atoms with Crippen LogP contribution in [0, 0.1) is 0 Å². The molecule has 1 atom stereocenters. The number of pyridine rings is 1. The fourth-order valence-corrected chi connectivity index (χ4v) is 3.72. The second-order valence-electron chi connectivity index (χ2n) is 6.51. The molecule has 0 saturated carbocycles. The van der Waals surface area contributed by atoms with E-state index in [0.717, 1.165) is 0 Å². The van der Waals surface area contributed by atoms with E-state index in [-0.39, 0.29) is 18.4 Å². The molecule has 1 aliphatic rings. The minimum Gasteiger partial charge on any atom is -0.324 e. The van der Waals surface area contributed by atoms with E-state index in [2.05, 4.69) is 5.32 Å². The Morgan fingerprint density at radius 3 is 2.48 bits per heavy atom. The Bertz CT molecular complexity index is 1100. The van der Waals surface area contributed by atoms with Gasteiger partial charge < -0.3 is 5.32 Å². The summed E-state index contributed by atoms with van der Waals surface area (Å²) in [5, 5.41) is 4.10. The molecule has 0 radical (unpaired) electrons. The molecular weight excluding hydrogens is 433 g/mol. The van der Waals surface area contributed by atoms with Crippen LogP contribution < -0.4 is 14.8 Å². The lowest BCUT2D eigenvalue weighted by molar-refractivity contribution is -0.695. The number of rotatable bonds is 3. The predicted octanol–water partition coefficient (Wildman–Crippen LogP) is 4.66. The Labute approximate surface area is 182 Å². The van der Waals surface area contributed by atoms with E-state index in [1.165, 1.54) is 4.90 Å². The van der Waals surface area contributed by atoms with Crippen LogP contribution in [0.4, 0.5) is 11.4 Å². The quantitative estimate of drug-likeness (QED) is 0.594. The summed E-state index contributed by atoms with van der Waals surface area (Å²) >= 11 is 18.1. The molecule has 0 fully saturated rings. The number of carbonyl (C=O) groups excluding carboxylic acids is 2. The minimum absolute atomic E-state index is 0.112. The number of amides is 2. The molecule has 5 nitrogen and oxygen atoms in total. The lowest BCUT2D eigenvalue weighted by Crippen LogP contribution is -2.58. The number of hydrogen-bond acceptors (Lipinski definition) is 2. The second-order valence-corrected chi connectivity index (χ2v) is 7.77. The predicted molar refractivity (Wildman–Crippen MR) is 113 cm³/mol. The molecule has 0 spiro atoms. The van der Waals surface area contributed by atoms with Crippen molar-refractivity contribution in [1.82, 2.24) is 0 Å². The number of fused-ring (bicyclic) bond motifs is 1. The molecule has 8 heteroatoms. The third kappa shape index (κ3) is 3.94. The first kappa shape index (κ1) is 19.7. The smallest absolute Gasteiger partial charge is 0.294 e. The van der Waals surface area contributed by atoms with Gasteiger partial charge >= 0.3 is 0 Å². The van der Waals surface area contributed by atoms with Crippen molar-refractivity contribution in [3.63, 3.8) is 0 Å². The van der Waals surface area contributed by atoms with Crippen LogP contribution in [0.5, 0.6) is 0 Å². The molecule has 2 amide bonds. The Kier molecular flexibility index (Phi) is 5.46. The van der Waals surface area contributed by atoms with Crippen molar-refractivity contribution in [2.24, 2.45) is 0 Å². The maximum Gasteiger partial charge on any atom is 0.294 e. The van der Waals surface area contributed by atoms with Gasteiger partial charge in [0, 0.05) is 28.5 Å². The van der Waals surface area contributed by atoms with Crippen LogP contribution >= 0.6 is 34.8 Å². The molecule has 146 valence electrons. The van der Waals surface area contributed by atoms with Crippen molar-refractivity contribution in [3.8, 4) is 0 Å². The molecule has 0 saturated heterocycles. The van der Waals surface area contributed by atoms with Crippen molar-refractivity contribution >= 4 is 58.0 Å². The van der Waals surface area contributed by atoms with Gasteiger partial charge in [-0.3, -0.25) is 14.5 Å². The van der Waals surface area contributed by atoms with Crippen LogP contribution in [-0.4, -0.2) is 11.8 Å². The Morgan fingerprint density at radius 1 is 1.00 bits per heavy atom. The summed E-state index contributed by atoms with van der Waals surface area (Å²) in [5.41, 5.74) is 1.76. The fourth-order valence-electron chi connectivity index (χ4n) is 3.30. The molecule has 0 aliphatic carbocycles. The number of benzene rings is 2. The highest BCUT2D eigenvalue weighted by molar-refractivity contribution is 6.42. The first-order valence-corrected chi connectivity index (χ1v) is 9.89. The summed E-state index contributed by atoms with van der Waals surface area (Å²) in [6.07, 6.45) is 1.78. The maximum atomic E-state index is 13.3. The summed E-state index contributed by atoms with van der Waals surface area (Å²) in [4.78, 5) is 27.7. The van der Waals surface area contributed by atoms with E-state index in [1.807, 2.05) is 18.2 Å². The van der Waals surface area contributed by atoms with Gasteiger partial charge in [-0.05, 0) is 42.5 Å². The Hall–Kier alpha value is -2.60. The molecule has 2 heterocycles. The van der Waals surface area contributed by atoms with E-state index < -0.39 is 6.04 Å². The normalized spacial score (nSPS) is 15.8. The standard InChI is InChI=1S/C21H14Cl3N3O2/c22-13-4-6-14(7-5-13)25-21(29)20-18-3-1-2-10-26(18)12-19(28)27(20)15-8-9-16(23)17(24)11-15/h1-11,20H,12H2/p+1. The third-order valence-corrected chi connectivity index (χ3v) is 5.62. The summed E-state index contributed by atoms with van der Waals surface area (Å²) in [5.74, 6) is -0.588. The van der Waals surface area contributed by atoms with Gasteiger partial charge in [0.25, 0.3) is 11.8 Å². The fraction of sp³-hybridized carbons (Fsp3) is 0.0952. The monoisotopic (exact) mass is 446 g/mol. The maximum absolute atomic E-state index is 13.3. The Balaban J connectivity index is 1.78. The van der Waals surface area contributed by atoms with Gasteiger partial charge in [0.2, 0.25) is 18.3 Å². The van der Waals surface area contributed by atoms with E-state index in [4.69, 9.17) is 34.8 Å². The zero-order chi connectivity index (χ0) is 20.5. The van der Waals surface area contributed by atoms with Gasteiger partial charge in [0.15, 0.2) is 6.20 Å². The number of aromatic nitrogens is 1. The minimum atomic E-state index is -0.884. The van der Waals surface area contributed by atoms with Crippen molar-refractivity contribution in [3.05, 3.63) is 87.6 Å². The molecule has 1 aliphatic heterocycles. The zero-order valence-corrected chi connectivity index (χ0v) is 17.2. The van der Waals surface area contributed by atoms with E-state index in [9.17, 15) is 9.59 Å². The lowest BCUT2D eigenvalue weighted by Gasteiger charge is -2.32. The molecule has 2 aromatic carbocycles. The topological polar surface area (TPSA) is 53.3 Å². The molecule has 1 N–H and O–H groups in total. The molecule has 1 unspecified atom stereocenters. The van der Waals surface area contributed by atoms with Crippen molar-refractivity contribution in [1.29, 1.82) is 0 Å². The SMILES string of the molecule is O=C(Nc1ccc(Cl)cc1)C1c2cccc[n+]2CC(=O)N1c1ccc(Cl)c(Cl)c1. The van der Waals surface area contributed by atoms with Crippen molar-refractivity contribution < 1.29 is 14.2 Å². The number of hydrogen-bond donors (Lipinski definition) is 1. The number of anilines is 2. The highest BCUT2D eigenvalue weighted by Gasteiger charge is 2.43. The van der Waals surface area contributed by atoms with Gasteiger partial charge in [0.1, 0.15) is 0 Å². The van der Waals surface area contributed by atoms with Gasteiger partial charge in [-0.1, -0.05) is 40.9 Å². The molecular formula is C21H15Cl3N3O2+. The summed E-state index contributed by atoms with van der Waals surface area (Å²) < 4.78 is 1.77. The molecule has 29 heavy (non-hydrogen) atoms. The first-order chi connectivity index (χ1) is 13.9. The van der Waals surface area contributed by atoms with Gasteiger partial charge in [-0.2, -0.15) is 4.57 Å². The van der Waals surface area contributed by atoms with Crippen LogP contribution in [0.25, 0.3) is 0 Å². The van der Waals surface area contributed by atoms with Gasteiger partial charge in [-0.25, -0.2) is 0 Å². The zero-order valence-electron chi connectivity index (χ0n) is 15.0. The van der Waals surface area contributed by atoms with Gasteiger partial charge in [0.05, 0.1) is 10.0 Å². The first-order valence-electron chi connectivity index (χ1n) is 8.76. The average Bonchev–Trinajstić information content (AvgIpc) is 2.71. The molecule has 4 rings (SSSR count). The summed E-state index contributed by atoms with van der Waals surface area (Å²) in [6.45, 7) is 0.112. The molecule has 0 bridgehead atoms. The number of halogens is 3. The van der Waals surface area contributed by atoms with Crippen molar-refractivity contribution in [2.75, 3.05) is 10.2 Å². The second kappa shape index (κ2) is 8.03. The van der Waals surface area contributed by atoms with Crippen LogP contribution in [0.3, 0.4) is 0 Å². The number of nitrogens with zero attached hydrogens (tertiary/aromatic N) is 2. The number of carbonyl (C=O) groups is 2.